The largest absolute Gasteiger partial charge is 0.492 e. The Labute approximate surface area is 198 Å². The molecule has 0 aromatic carbocycles. The number of hydrogen-bond donors (Lipinski definition) is 0. The zero-order chi connectivity index (χ0) is 23.3. The van der Waals surface area contributed by atoms with Gasteiger partial charge in [-0.15, -0.1) is 0 Å². The molecular weight excluding hydrogens is 430 g/mol. The van der Waals surface area contributed by atoms with Gasteiger partial charge in [-0.2, -0.15) is 5.10 Å². The second-order valence-electron chi connectivity index (χ2n) is 8.04. The van der Waals surface area contributed by atoms with E-state index in [1.54, 1.807) is 25.5 Å². The molecule has 0 N–H and O–H groups in total. The van der Waals surface area contributed by atoms with Crippen LogP contribution >= 0.6 is 0 Å². The lowest BCUT2D eigenvalue weighted by molar-refractivity contribution is 0.156. The van der Waals surface area contributed by atoms with E-state index < -0.39 is 0 Å². The monoisotopic (exact) mass is 457 g/mol. The summed E-state index contributed by atoms with van der Waals surface area (Å²) < 4.78 is 13.5. The zero-order valence-electron chi connectivity index (χ0n) is 19.3. The van der Waals surface area contributed by atoms with Crippen molar-refractivity contribution < 1.29 is 9.47 Å². The molecular formula is C25H27N7O2. The minimum Gasteiger partial charge on any atom is -0.492 e. The van der Waals surface area contributed by atoms with Crippen molar-refractivity contribution in [1.29, 1.82) is 0 Å². The summed E-state index contributed by atoms with van der Waals surface area (Å²) in [6.45, 7) is 4.30. The molecule has 0 bridgehead atoms. The van der Waals surface area contributed by atoms with Crippen molar-refractivity contribution in [2.75, 3.05) is 31.6 Å². The average molecular weight is 458 g/mol. The molecule has 4 aromatic rings. The van der Waals surface area contributed by atoms with E-state index in [0.717, 1.165) is 59.7 Å². The predicted octanol–water partition coefficient (Wildman–Crippen LogP) is 3.68. The van der Waals surface area contributed by atoms with Gasteiger partial charge in [-0.05, 0) is 31.2 Å². The van der Waals surface area contributed by atoms with Gasteiger partial charge in [0.05, 0.1) is 24.5 Å². The lowest BCUT2D eigenvalue weighted by Crippen LogP contribution is -2.38. The van der Waals surface area contributed by atoms with Crippen LogP contribution < -0.4 is 14.4 Å². The number of pyridine rings is 2. The van der Waals surface area contributed by atoms with Gasteiger partial charge in [0.25, 0.3) is 0 Å². The first-order valence-electron chi connectivity index (χ1n) is 11.5. The molecule has 0 radical (unpaired) electrons. The minimum absolute atomic E-state index is 0.119. The summed E-state index contributed by atoms with van der Waals surface area (Å²) in [5.41, 5.74) is 3.94. The number of ether oxygens (including phenoxy) is 2. The van der Waals surface area contributed by atoms with Crippen LogP contribution in [0, 0.1) is 0 Å². The van der Waals surface area contributed by atoms with Crippen LogP contribution in [0.4, 0.5) is 5.82 Å². The highest BCUT2D eigenvalue weighted by Crippen LogP contribution is 2.31. The van der Waals surface area contributed by atoms with Gasteiger partial charge in [-0.25, -0.2) is 19.5 Å². The van der Waals surface area contributed by atoms with Gasteiger partial charge in [0.1, 0.15) is 17.7 Å². The standard InChI is InChI=1S/C25H27N7O2/c1-3-33-21-13-22(24-19(14-26-2)16-30-32(24)17-21)18-5-6-23(29-15-18)31-11-7-20(8-12-31)34-25-27-9-4-10-28-25/h4-6,9-10,13-17,20H,3,7-8,11-12H2,1-2H3. The number of aliphatic imine (C=N–C) groups is 1. The van der Waals surface area contributed by atoms with Crippen molar-refractivity contribution in [3.8, 4) is 22.9 Å². The molecule has 1 saturated heterocycles. The second-order valence-corrected chi connectivity index (χ2v) is 8.04. The number of nitrogens with zero attached hydrogens (tertiary/aromatic N) is 7. The van der Waals surface area contributed by atoms with Crippen molar-refractivity contribution in [3.05, 3.63) is 60.8 Å². The molecule has 174 valence electrons. The van der Waals surface area contributed by atoms with Crippen LogP contribution in [0.3, 0.4) is 0 Å². The van der Waals surface area contributed by atoms with Gasteiger partial charge < -0.3 is 14.4 Å². The Hall–Kier alpha value is -4.01. The van der Waals surface area contributed by atoms with E-state index in [0.29, 0.717) is 12.6 Å². The molecule has 0 atom stereocenters. The number of piperidine rings is 1. The van der Waals surface area contributed by atoms with Crippen molar-refractivity contribution >= 4 is 17.5 Å². The third-order valence-electron chi connectivity index (χ3n) is 5.83. The fourth-order valence-corrected chi connectivity index (χ4v) is 4.25. The first-order chi connectivity index (χ1) is 16.7. The smallest absolute Gasteiger partial charge is 0.316 e. The summed E-state index contributed by atoms with van der Waals surface area (Å²) in [6, 6.07) is 8.45. The van der Waals surface area contributed by atoms with Crippen molar-refractivity contribution in [2.45, 2.75) is 25.9 Å². The van der Waals surface area contributed by atoms with Crippen LogP contribution in [0.25, 0.3) is 16.6 Å². The minimum atomic E-state index is 0.119. The summed E-state index contributed by atoms with van der Waals surface area (Å²) in [7, 11) is 1.76. The Morgan fingerprint density at radius 3 is 2.65 bits per heavy atom. The van der Waals surface area contributed by atoms with E-state index in [9.17, 15) is 0 Å². The molecule has 1 aliphatic rings. The topological polar surface area (TPSA) is 90.0 Å². The molecule has 1 fully saturated rings. The Balaban J connectivity index is 1.35. The first-order valence-corrected chi connectivity index (χ1v) is 11.5. The van der Waals surface area contributed by atoms with E-state index in [2.05, 4.69) is 37.1 Å². The van der Waals surface area contributed by atoms with E-state index in [1.165, 1.54) is 0 Å². The summed E-state index contributed by atoms with van der Waals surface area (Å²) in [5.74, 6) is 1.72. The molecule has 5 heterocycles. The Kier molecular flexibility index (Phi) is 6.33. The van der Waals surface area contributed by atoms with Crippen LogP contribution in [0.5, 0.6) is 11.8 Å². The number of aromatic nitrogens is 5. The summed E-state index contributed by atoms with van der Waals surface area (Å²) in [4.78, 5) is 19.6. The summed E-state index contributed by atoms with van der Waals surface area (Å²) >= 11 is 0. The van der Waals surface area contributed by atoms with Gasteiger partial charge >= 0.3 is 6.01 Å². The third kappa shape index (κ3) is 4.54. The molecule has 9 heteroatoms. The van der Waals surface area contributed by atoms with Gasteiger partial charge in [-0.3, -0.25) is 4.99 Å². The fourth-order valence-electron chi connectivity index (χ4n) is 4.25. The Bertz CT molecular complexity index is 1260. The number of fused-ring (bicyclic) bond motifs is 1. The second kappa shape index (κ2) is 9.86. The van der Waals surface area contributed by atoms with E-state index >= 15 is 0 Å². The maximum atomic E-state index is 5.91. The van der Waals surface area contributed by atoms with Crippen LogP contribution in [0.15, 0.2) is 60.2 Å². The number of hydrogen-bond acceptors (Lipinski definition) is 8. The van der Waals surface area contributed by atoms with E-state index in [1.807, 2.05) is 42.3 Å². The number of anilines is 1. The molecule has 9 nitrogen and oxygen atoms in total. The van der Waals surface area contributed by atoms with Crippen molar-refractivity contribution in [2.24, 2.45) is 4.99 Å². The average Bonchev–Trinajstić information content (AvgIpc) is 3.28. The molecule has 0 aliphatic carbocycles. The Morgan fingerprint density at radius 1 is 1.12 bits per heavy atom. The highest BCUT2D eigenvalue weighted by Gasteiger charge is 2.22. The van der Waals surface area contributed by atoms with E-state index in [4.69, 9.17) is 14.5 Å². The normalized spacial score (nSPS) is 14.7. The molecule has 5 rings (SSSR count). The van der Waals surface area contributed by atoms with Crippen molar-refractivity contribution in [3.63, 3.8) is 0 Å². The predicted molar refractivity (Wildman–Crippen MR) is 131 cm³/mol. The molecule has 1 aliphatic heterocycles. The quantitative estimate of drug-likeness (QED) is 0.391. The maximum absolute atomic E-state index is 5.91. The van der Waals surface area contributed by atoms with Gasteiger partial charge in [-0.1, -0.05) is 0 Å². The molecule has 0 spiro atoms. The Morgan fingerprint density at radius 2 is 1.94 bits per heavy atom. The molecule has 0 amide bonds. The van der Waals surface area contributed by atoms with Crippen LogP contribution in [0.1, 0.15) is 25.3 Å². The van der Waals surface area contributed by atoms with Gasteiger partial charge in [0, 0.05) is 74.5 Å². The van der Waals surface area contributed by atoms with Crippen LogP contribution in [-0.4, -0.2) is 63.6 Å². The van der Waals surface area contributed by atoms with Crippen molar-refractivity contribution in [1.82, 2.24) is 24.6 Å². The highest BCUT2D eigenvalue weighted by molar-refractivity contribution is 5.96. The molecule has 0 saturated carbocycles. The lowest BCUT2D eigenvalue weighted by Gasteiger charge is -2.32. The molecule has 4 aromatic heterocycles. The summed E-state index contributed by atoms with van der Waals surface area (Å²) in [6.07, 6.45) is 12.8. The first kappa shape index (κ1) is 21.8. The number of rotatable bonds is 7. The van der Waals surface area contributed by atoms with Crippen LogP contribution in [-0.2, 0) is 0 Å². The molecule has 34 heavy (non-hydrogen) atoms. The SMILES string of the molecule is CCOc1cc(-c2ccc(N3CCC(Oc4ncccn4)CC3)nc2)c2c(C=NC)cnn2c1. The third-order valence-corrected chi connectivity index (χ3v) is 5.83. The molecule has 0 unspecified atom stereocenters. The summed E-state index contributed by atoms with van der Waals surface area (Å²) in [5, 5.41) is 4.49. The highest BCUT2D eigenvalue weighted by atomic mass is 16.5. The fraction of sp³-hybridized carbons (Fsp3) is 0.320. The van der Waals surface area contributed by atoms with Gasteiger partial charge in [0.15, 0.2) is 0 Å². The van der Waals surface area contributed by atoms with Gasteiger partial charge in [0.2, 0.25) is 0 Å². The maximum Gasteiger partial charge on any atom is 0.316 e. The van der Waals surface area contributed by atoms with E-state index in [-0.39, 0.29) is 6.10 Å². The zero-order valence-corrected chi connectivity index (χ0v) is 19.3. The van der Waals surface area contributed by atoms with Crippen LogP contribution in [0.2, 0.25) is 0 Å². The lowest BCUT2D eigenvalue weighted by atomic mass is 10.0.